The van der Waals surface area contributed by atoms with Crippen LogP contribution in [-0.2, 0) is 0 Å². The van der Waals surface area contributed by atoms with Gasteiger partial charge in [-0.15, -0.1) is 11.3 Å². The molecule has 0 spiro atoms. The molecule has 0 unspecified atom stereocenters. The van der Waals surface area contributed by atoms with Crippen LogP contribution in [0.3, 0.4) is 0 Å². The summed E-state index contributed by atoms with van der Waals surface area (Å²) in [6, 6.07) is 72.8. The molecule has 0 N–H and O–H groups in total. The molecule has 0 saturated carbocycles. The number of anilines is 3. The summed E-state index contributed by atoms with van der Waals surface area (Å²) in [4.78, 5) is 2.50. The van der Waals surface area contributed by atoms with E-state index < -0.39 is 0 Å². The predicted octanol–water partition coefficient (Wildman–Crippen LogP) is 16.2. The molecule has 0 aliphatic rings. The highest BCUT2D eigenvalue weighted by molar-refractivity contribution is 7.26. The summed E-state index contributed by atoms with van der Waals surface area (Å²) in [5, 5.41) is 12.1. The van der Waals surface area contributed by atoms with Crippen LogP contribution >= 0.6 is 11.3 Å². The monoisotopic (exact) mass is 743 g/mol. The maximum Gasteiger partial charge on any atom is 0.137 e. The molecule has 2 nitrogen and oxygen atoms in total. The van der Waals surface area contributed by atoms with Crippen molar-refractivity contribution < 1.29 is 4.42 Å². The van der Waals surface area contributed by atoms with Gasteiger partial charge in [0.2, 0.25) is 0 Å². The lowest BCUT2D eigenvalue weighted by molar-refractivity contribution is 0.669. The summed E-state index contributed by atoms with van der Waals surface area (Å²) in [5.41, 5.74) is 9.87. The third kappa shape index (κ3) is 4.89. The van der Waals surface area contributed by atoms with Crippen molar-refractivity contribution in [2.45, 2.75) is 0 Å². The summed E-state index contributed by atoms with van der Waals surface area (Å²) in [7, 11) is 0. The van der Waals surface area contributed by atoms with E-state index in [-0.39, 0.29) is 0 Å². The van der Waals surface area contributed by atoms with Gasteiger partial charge >= 0.3 is 0 Å². The molecule has 0 fully saturated rings. The van der Waals surface area contributed by atoms with E-state index in [0.717, 1.165) is 39.0 Å². The fraction of sp³-hybridized carbons (Fsp3) is 0. The van der Waals surface area contributed by atoms with Crippen LogP contribution in [0.4, 0.5) is 17.1 Å². The molecule has 0 aliphatic carbocycles. The first-order chi connectivity index (χ1) is 28.3. The molecule has 12 aromatic rings. The van der Waals surface area contributed by atoms with Gasteiger partial charge in [0.25, 0.3) is 0 Å². The van der Waals surface area contributed by atoms with Crippen LogP contribution in [0.1, 0.15) is 0 Å². The SMILES string of the molecule is c1ccc2c(-c3c(N(c4ccc(-c5cccc6c5sc5ccccc56)cc4)c4cccc5oc6ccccc6c45)c4ccccc4c4ccccc34)cccc2c1. The van der Waals surface area contributed by atoms with Gasteiger partial charge in [-0.2, -0.15) is 0 Å². The third-order valence-electron chi connectivity index (χ3n) is 11.7. The number of hydrogen-bond donors (Lipinski definition) is 0. The molecule has 2 aromatic heterocycles. The Hall–Kier alpha value is -7.20. The highest BCUT2D eigenvalue weighted by Crippen LogP contribution is 2.53. The number of benzene rings is 10. The van der Waals surface area contributed by atoms with Gasteiger partial charge in [-0.25, -0.2) is 0 Å². The second-order valence-electron chi connectivity index (χ2n) is 14.8. The van der Waals surface area contributed by atoms with E-state index in [1.807, 2.05) is 17.4 Å². The van der Waals surface area contributed by atoms with Crippen molar-refractivity contribution in [2.24, 2.45) is 0 Å². The van der Waals surface area contributed by atoms with Gasteiger partial charge in [-0.05, 0) is 80.0 Å². The lowest BCUT2D eigenvalue weighted by Crippen LogP contribution is -2.13. The van der Waals surface area contributed by atoms with Gasteiger partial charge in [0, 0.05) is 42.2 Å². The Labute approximate surface area is 333 Å². The molecule has 3 heteroatoms. The molecule has 0 saturated heterocycles. The van der Waals surface area contributed by atoms with E-state index in [1.54, 1.807) is 0 Å². The Kier molecular flexibility index (Phi) is 7.13. The standard InChI is InChI=1S/C54H33NOS/c1-2-16-37-34(14-1)15-11-24-42(37)51-43-20-5-3-17-39(43)40-18-4-6-21-44(40)53(51)55(47-26-13-28-49-52(47)46-22-7-9-27-48(46)56-49)36-32-30-35(31-33-36)38-23-12-25-45-41-19-8-10-29-50(41)57-54(38)45/h1-33H. The van der Waals surface area contributed by atoms with E-state index in [2.05, 4.69) is 199 Å². The number of para-hydroxylation sites is 1. The van der Waals surface area contributed by atoms with Crippen molar-refractivity contribution in [2.75, 3.05) is 4.90 Å². The average Bonchev–Trinajstić information content (AvgIpc) is 3.86. The predicted molar refractivity (Wildman–Crippen MR) is 245 cm³/mol. The molecule has 0 aliphatic heterocycles. The van der Waals surface area contributed by atoms with Crippen LogP contribution in [0.5, 0.6) is 0 Å². The van der Waals surface area contributed by atoms with Crippen molar-refractivity contribution in [1.82, 2.24) is 0 Å². The minimum absolute atomic E-state index is 0.864. The molecule has 12 rings (SSSR count). The fourth-order valence-electron chi connectivity index (χ4n) is 9.17. The number of thiophene rings is 1. The topological polar surface area (TPSA) is 16.4 Å². The summed E-state index contributed by atoms with van der Waals surface area (Å²) < 4.78 is 9.19. The molecule has 10 aromatic carbocycles. The molecule has 2 heterocycles. The van der Waals surface area contributed by atoms with E-state index in [9.17, 15) is 0 Å². The fourth-order valence-corrected chi connectivity index (χ4v) is 10.4. The first kappa shape index (κ1) is 32.1. The molecular weight excluding hydrogens is 711 g/mol. The maximum absolute atomic E-state index is 6.56. The van der Waals surface area contributed by atoms with Crippen LogP contribution in [-0.4, -0.2) is 0 Å². The summed E-state index contributed by atoms with van der Waals surface area (Å²) in [5.74, 6) is 0. The molecule has 57 heavy (non-hydrogen) atoms. The van der Waals surface area contributed by atoms with Gasteiger partial charge in [-0.3, -0.25) is 0 Å². The van der Waals surface area contributed by atoms with Gasteiger partial charge in [0.05, 0.1) is 16.8 Å². The van der Waals surface area contributed by atoms with Gasteiger partial charge in [0.15, 0.2) is 0 Å². The Bertz CT molecular complexity index is 3530. The zero-order chi connectivity index (χ0) is 37.5. The van der Waals surface area contributed by atoms with Gasteiger partial charge in [-0.1, -0.05) is 164 Å². The summed E-state index contributed by atoms with van der Waals surface area (Å²) >= 11 is 1.87. The highest BCUT2D eigenvalue weighted by Gasteiger charge is 2.27. The van der Waals surface area contributed by atoms with Crippen LogP contribution in [0.2, 0.25) is 0 Å². The molecule has 266 valence electrons. The Balaban J connectivity index is 1.20. The number of hydrogen-bond acceptors (Lipinski definition) is 3. The van der Waals surface area contributed by atoms with Crippen LogP contribution in [0.15, 0.2) is 205 Å². The Morgan fingerprint density at radius 2 is 0.965 bits per heavy atom. The largest absolute Gasteiger partial charge is 0.456 e. The first-order valence-electron chi connectivity index (χ1n) is 19.4. The Morgan fingerprint density at radius 3 is 1.81 bits per heavy atom. The molecule has 0 atom stereocenters. The number of furan rings is 1. The highest BCUT2D eigenvalue weighted by atomic mass is 32.1. The van der Waals surface area contributed by atoms with Gasteiger partial charge < -0.3 is 9.32 Å². The lowest BCUT2D eigenvalue weighted by atomic mass is 9.87. The quantitative estimate of drug-likeness (QED) is 0.163. The number of nitrogens with zero attached hydrogens (tertiary/aromatic N) is 1. The summed E-state index contributed by atoms with van der Waals surface area (Å²) in [6.45, 7) is 0. The Morgan fingerprint density at radius 1 is 0.386 bits per heavy atom. The van der Waals surface area contributed by atoms with E-state index in [0.29, 0.717) is 0 Å². The molecule has 0 amide bonds. The normalized spacial score (nSPS) is 11.9. The zero-order valence-electron chi connectivity index (χ0n) is 30.8. The second kappa shape index (κ2) is 12.7. The second-order valence-corrected chi connectivity index (χ2v) is 15.8. The van der Waals surface area contributed by atoms with Crippen molar-refractivity contribution in [3.8, 4) is 22.3 Å². The van der Waals surface area contributed by atoms with Crippen molar-refractivity contribution in [3.63, 3.8) is 0 Å². The number of rotatable bonds is 5. The van der Waals surface area contributed by atoms with Crippen LogP contribution in [0.25, 0.3) is 96.7 Å². The van der Waals surface area contributed by atoms with Crippen LogP contribution < -0.4 is 4.90 Å². The smallest absolute Gasteiger partial charge is 0.137 e. The zero-order valence-corrected chi connectivity index (χ0v) is 31.6. The van der Waals surface area contributed by atoms with Crippen LogP contribution in [0, 0.1) is 0 Å². The summed E-state index contributed by atoms with van der Waals surface area (Å²) in [6.07, 6.45) is 0. The van der Waals surface area contributed by atoms with Crippen molar-refractivity contribution >= 4 is 103 Å². The van der Waals surface area contributed by atoms with E-state index in [4.69, 9.17) is 4.42 Å². The third-order valence-corrected chi connectivity index (χ3v) is 12.9. The van der Waals surface area contributed by atoms with Crippen molar-refractivity contribution in [1.29, 1.82) is 0 Å². The molecular formula is C54H33NOS. The lowest BCUT2D eigenvalue weighted by Gasteiger charge is -2.31. The average molecular weight is 744 g/mol. The first-order valence-corrected chi connectivity index (χ1v) is 20.2. The van der Waals surface area contributed by atoms with E-state index in [1.165, 1.54) is 74.7 Å². The maximum atomic E-state index is 6.56. The molecule has 0 radical (unpaired) electrons. The number of fused-ring (bicyclic) bond motifs is 10. The van der Waals surface area contributed by atoms with E-state index >= 15 is 0 Å². The minimum atomic E-state index is 0.864. The van der Waals surface area contributed by atoms with Gasteiger partial charge in [0.1, 0.15) is 11.2 Å². The van der Waals surface area contributed by atoms with Crippen molar-refractivity contribution in [3.05, 3.63) is 200 Å². The minimum Gasteiger partial charge on any atom is -0.456 e. The molecule has 0 bridgehead atoms.